The largest absolute Gasteiger partial charge is 0.367 e. The molecule has 186 valence electrons. The minimum absolute atomic E-state index is 0.00506. The molecule has 35 heavy (non-hydrogen) atoms. The molecule has 2 N–H and O–H groups in total. The molecule has 9 heteroatoms. The average Bonchev–Trinajstić information content (AvgIpc) is 2.81. The Kier molecular flexibility index (Phi) is 7.07. The molecule has 0 spiro atoms. The lowest BCUT2D eigenvalue weighted by Gasteiger charge is -2.35. The zero-order chi connectivity index (χ0) is 25.3. The molecule has 0 unspecified atom stereocenters. The van der Waals surface area contributed by atoms with Crippen molar-refractivity contribution in [2.24, 2.45) is 5.92 Å². The maximum absolute atomic E-state index is 13.7. The monoisotopic (exact) mass is 478 g/mol. The van der Waals surface area contributed by atoms with Gasteiger partial charge in [0.15, 0.2) is 5.65 Å². The Morgan fingerprint density at radius 2 is 1.77 bits per heavy atom. The van der Waals surface area contributed by atoms with E-state index in [1.165, 1.54) is 4.57 Å². The summed E-state index contributed by atoms with van der Waals surface area (Å²) < 4.78 is 1.46. The van der Waals surface area contributed by atoms with Gasteiger partial charge in [-0.15, -0.1) is 0 Å². The molecule has 4 rings (SSSR count). The average molecular weight is 479 g/mol. The summed E-state index contributed by atoms with van der Waals surface area (Å²) in [7, 11) is 2.10. The third kappa shape index (κ3) is 5.14. The number of nitrogens with zero attached hydrogens (tertiary/aromatic N) is 4. The maximum atomic E-state index is 13.7. The van der Waals surface area contributed by atoms with E-state index in [4.69, 9.17) is 0 Å². The molecule has 0 bridgehead atoms. The number of likely N-dealkylation sites (N-methyl/N-ethyl adjacent to an activating group) is 1. The zero-order valence-electron chi connectivity index (χ0n) is 21.1. The first kappa shape index (κ1) is 24.7. The van der Waals surface area contributed by atoms with E-state index in [9.17, 15) is 14.4 Å². The summed E-state index contributed by atoms with van der Waals surface area (Å²) in [6.07, 6.45) is 0. The van der Waals surface area contributed by atoms with E-state index in [2.05, 4.69) is 32.1 Å². The fraction of sp³-hybridized carbons (Fsp3) is 0.462. The highest BCUT2D eigenvalue weighted by Crippen LogP contribution is 2.28. The van der Waals surface area contributed by atoms with Gasteiger partial charge in [-0.2, -0.15) is 0 Å². The quantitative estimate of drug-likeness (QED) is 0.565. The van der Waals surface area contributed by atoms with Gasteiger partial charge >= 0.3 is 5.69 Å². The summed E-state index contributed by atoms with van der Waals surface area (Å²) in [4.78, 5) is 50.8. The molecular formula is C26H34N6O3. The fourth-order valence-corrected chi connectivity index (χ4v) is 4.39. The first-order valence-electron chi connectivity index (χ1n) is 12.2. The number of hydrogen-bond acceptors (Lipinski definition) is 6. The fourth-order valence-electron chi connectivity index (χ4n) is 4.39. The second-order valence-corrected chi connectivity index (χ2v) is 9.97. The van der Waals surface area contributed by atoms with Crippen molar-refractivity contribution in [3.63, 3.8) is 0 Å². The molecule has 1 aromatic carbocycles. The first-order valence-corrected chi connectivity index (χ1v) is 12.2. The lowest BCUT2D eigenvalue weighted by molar-refractivity contribution is 0.102. The van der Waals surface area contributed by atoms with Crippen LogP contribution in [-0.2, 0) is 6.54 Å². The van der Waals surface area contributed by atoms with Gasteiger partial charge in [-0.25, -0.2) is 9.78 Å². The van der Waals surface area contributed by atoms with E-state index < -0.39 is 17.2 Å². The molecule has 0 aliphatic carbocycles. The van der Waals surface area contributed by atoms with Gasteiger partial charge < -0.3 is 15.1 Å². The van der Waals surface area contributed by atoms with Crippen LogP contribution in [0, 0.1) is 5.92 Å². The number of amides is 1. The SMILES string of the molecule is CC(C)Cn1c(=O)[nH]c(=O)c2c(C(=O)Nc3ccccc3N3CCN(C)CC3)cc(C(C)C)nc21. The minimum atomic E-state index is -0.606. The third-order valence-corrected chi connectivity index (χ3v) is 6.35. The number of pyridine rings is 1. The number of nitrogens with one attached hydrogen (secondary N) is 2. The Bertz CT molecular complexity index is 1350. The number of hydrogen-bond donors (Lipinski definition) is 2. The van der Waals surface area contributed by atoms with Crippen molar-refractivity contribution in [2.75, 3.05) is 43.4 Å². The summed E-state index contributed by atoms with van der Waals surface area (Å²) >= 11 is 0. The molecule has 1 fully saturated rings. The summed E-state index contributed by atoms with van der Waals surface area (Å²) in [6, 6.07) is 9.37. The Hall–Kier alpha value is -3.46. The van der Waals surface area contributed by atoms with Crippen molar-refractivity contribution < 1.29 is 4.79 Å². The van der Waals surface area contributed by atoms with Crippen LogP contribution in [0.25, 0.3) is 11.0 Å². The highest BCUT2D eigenvalue weighted by molar-refractivity contribution is 6.12. The lowest BCUT2D eigenvalue weighted by atomic mass is 10.0. The van der Waals surface area contributed by atoms with Crippen LogP contribution in [0.4, 0.5) is 11.4 Å². The molecule has 1 saturated heterocycles. The van der Waals surface area contributed by atoms with Crippen molar-refractivity contribution in [1.82, 2.24) is 19.4 Å². The van der Waals surface area contributed by atoms with Gasteiger partial charge in [-0.05, 0) is 37.1 Å². The van der Waals surface area contributed by atoms with Crippen LogP contribution in [0.5, 0.6) is 0 Å². The molecular weight excluding hydrogens is 444 g/mol. The topological polar surface area (TPSA) is 103 Å². The van der Waals surface area contributed by atoms with Gasteiger partial charge in [-0.1, -0.05) is 39.8 Å². The first-order chi connectivity index (χ1) is 16.7. The number of benzene rings is 1. The highest BCUT2D eigenvalue weighted by atomic mass is 16.2. The van der Waals surface area contributed by atoms with E-state index >= 15 is 0 Å². The molecule has 0 saturated carbocycles. The number of anilines is 2. The van der Waals surface area contributed by atoms with E-state index in [0.29, 0.717) is 17.9 Å². The number of aromatic amines is 1. The van der Waals surface area contributed by atoms with Crippen LogP contribution in [-0.4, -0.2) is 58.6 Å². The number of rotatable bonds is 6. The summed E-state index contributed by atoms with van der Waals surface area (Å²) in [5.74, 6) is -0.245. The molecule has 3 heterocycles. The van der Waals surface area contributed by atoms with Crippen LogP contribution in [0.2, 0.25) is 0 Å². The standard InChI is InChI=1S/C26H34N6O3/c1-16(2)15-32-23-22(25(34)29-26(32)35)18(14-20(27-23)17(3)4)24(33)28-19-8-6-7-9-21(19)31-12-10-30(5)11-13-31/h6-9,14,16-17H,10-13,15H2,1-5H3,(H,28,33)(H,29,34,35). The van der Waals surface area contributed by atoms with E-state index in [1.807, 2.05) is 52.0 Å². The molecule has 2 aromatic heterocycles. The number of fused-ring (bicyclic) bond motifs is 1. The molecule has 3 aromatic rings. The van der Waals surface area contributed by atoms with Gasteiger partial charge in [-0.3, -0.25) is 19.1 Å². The smallest absolute Gasteiger partial charge is 0.330 e. The van der Waals surface area contributed by atoms with Gasteiger partial charge in [0, 0.05) is 38.4 Å². The zero-order valence-corrected chi connectivity index (χ0v) is 21.1. The van der Waals surface area contributed by atoms with Crippen LogP contribution in [0.1, 0.15) is 49.7 Å². The number of carbonyl (C=O) groups excluding carboxylic acids is 1. The minimum Gasteiger partial charge on any atom is -0.367 e. The number of H-pyrrole nitrogens is 1. The number of piperazine rings is 1. The molecule has 9 nitrogen and oxygen atoms in total. The Labute approximate surface area is 204 Å². The van der Waals surface area contributed by atoms with Gasteiger partial charge in [0.25, 0.3) is 11.5 Å². The predicted molar refractivity (Wildman–Crippen MR) is 140 cm³/mol. The van der Waals surface area contributed by atoms with Crippen LogP contribution in [0.15, 0.2) is 39.9 Å². The number of carbonyl (C=O) groups is 1. The van der Waals surface area contributed by atoms with E-state index in [1.54, 1.807) is 6.07 Å². The second kappa shape index (κ2) is 10.0. The van der Waals surface area contributed by atoms with Crippen molar-refractivity contribution in [2.45, 2.75) is 40.2 Å². The van der Waals surface area contributed by atoms with Crippen LogP contribution in [0.3, 0.4) is 0 Å². The molecule has 1 aliphatic rings. The Morgan fingerprint density at radius 3 is 2.43 bits per heavy atom. The number of para-hydroxylation sites is 2. The second-order valence-electron chi connectivity index (χ2n) is 9.97. The lowest BCUT2D eigenvalue weighted by Crippen LogP contribution is -2.44. The summed E-state index contributed by atoms with van der Waals surface area (Å²) in [5, 5.41) is 3.16. The predicted octanol–water partition coefficient (Wildman–Crippen LogP) is 2.87. The highest BCUT2D eigenvalue weighted by Gasteiger charge is 2.23. The summed E-state index contributed by atoms with van der Waals surface area (Å²) in [5.41, 5.74) is 1.62. The van der Waals surface area contributed by atoms with Crippen LogP contribution < -0.4 is 21.5 Å². The molecule has 0 radical (unpaired) electrons. The third-order valence-electron chi connectivity index (χ3n) is 6.35. The van der Waals surface area contributed by atoms with Gasteiger partial charge in [0.2, 0.25) is 0 Å². The van der Waals surface area contributed by atoms with Crippen molar-refractivity contribution in [3.05, 3.63) is 62.4 Å². The Morgan fingerprint density at radius 1 is 1.09 bits per heavy atom. The van der Waals surface area contributed by atoms with Crippen molar-refractivity contribution >= 4 is 28.3 Å². The summed E-state index contributed by atoms with van der Waals surface area (Å²) in [6.45, 7) is 11.9. The molecule has 1 amide bonds. The van der Waals surface area contributed by atoms with Crippen molar-refractivity contribution in [1.29, 1.82) is 0 Å². The van der Waals surface area contributed by atoms with E-state index in [0.717, 1.165) is 31.9 Å². The van der Waals surface area contributed by atoms with Gasteiger partial charge in [0.05, 0.1) is 22.3 Å². The normalized spacial score (nSPS) is 14.8. The Balaban J connectivity index is 1.81. The molecule has 1 aliphatic heterocycles. The van der Waals surface area contributed by atoms with Crippen LogP contribution >= 0.6 is 0 Å². The number of aromatic nitrogens is 3. The van der Waals surface area contributed by atoms with Gasteiger partial charge in [0.1, 0.15) is 0 Å². The van der Waals surface area contributed by atoms with Crippen molar-refractivity contribution in [3.8, 4) is 0 Å². The molecule has 0 atom stereocenters. The maximum Gasteiger partial charge on any atom is 0.330 e. The van der Waals surface area contributed by atoms with E-state index in [-0.39, 0.29) is 28.4 Å².